The monoisotopic (exact) mass is 256 g/mol. The van der Waals surface area contributed by atoms with Crippen LogP contribution in [-0.2, 0) is 15.6 Å². The maximum Gasteiger partial charge on any atom is 0.160 e. The Morgan fingerprint density at radius 3 is 1.94 bits per heavy atom. The molecule has 96 valence electrons. The van der Waals surface area contributed by atoms with E-state index in [4.69, 9.17) is 0 Å². The lowest BCUT2D eigenvalue weighted by molar-refractivity contribution is 0.467. The molecule has 0 spiro atoms. The summed E-state index contributed by atoms with van der Waals surface area (Å²) in [4.78, 5) is 7.71. The molecule has 0 aliphatic carbocycles. The average molecular weight is 256 g/mol. The van der Waals surface area contributed by atoms with Crippen LogP contribution < -0.4 is 0 Å². The third-order valence-electron chi connectivity index (χ3n) is 3.56. The molecule has 17 heavy (non-hydrogen) atoms. The van der Waals surface area contributed by atoms with Crippen molar-refractivity contribution in [3.8, 4) is 0 Å². The standard InChI is InChI=1S/C12H20N2O2S/c1-4-12(5-2,6-3)17(15,16)9-11-7-13-10-14-8-11/h7-8,10H,4-6,9H2,1-3H3. The van der Waals surface area contributed by atoms with E-state index in [1.807, 2.05) is 20.8 Å². The van der Waals surface area contributed by atoms with E-state index in [1.165, 1.54) is 6.33 Å². The van der Waals surface area contributed by atoms with Crippen LogP contribution in [0, 0.1) is 0 Å². The fourth-order valence-electron chi connectivity index (χ4n) is 2.19. The molecular formula is C12H20N2O2S. The average Bonchev–Trinajstić information content (AvgIpc) is 2.32. The summed E-state index contributed by atoms with van der Waals surface area (Å²) in [6, 6.07) is 0. The predicted molar refractivity (Wildman–Crippen MR) is 68.3 cm³/mol. The van der Waals surface area contributed by atoms with Gasteiger partial charge >= 0.3 is 0 Å². The molecule has 0 aromatic carbocycles. The van der Waals surface area contributed by atoms with E-state index in [9.17, 15) is 8.42 Å². The molecule has 4 nitrogen and oxygen atoms in total. The van der Waals surface area contributed by atoms with Crippen molar-refractivity contribution in [2.75, 3.05) is 0 Å². The highest BCUT2D eigenvalue weighted by atomic mass is 32.2. The Morgan fingerprint density at radius 1 is 1.06 bits per heavy atom. The molecule has 0 unspecified atom stereocenters. The Balaban J connectivity index is 3.03. The quantitative estimate of drug-likeness (QED) is 0.784. The van der Waals surface area contributed by atoms with Crippen molar-refractivity contribution < 1.29 is 8.42 Å². The zero-order chi connectivity index (χ0) is 12.9. The van der Waals surface area contributed by atoms with E-state index in [2.05, 4.69) is 9.97 Å². The first kappa shape index (κ1) is 14.1. The largest absolute Gasteiger partial charge is 0.245 e. The lowest BCUT2D eigenvalue weighted by atomic mass is 9.99. The summed E-state index contributed by atoms with van der Waals surface area (Å²) in [5, 5.41) is 0. The molecule has 0 radical (unpaired) electrons. The second-order valence-corrected chi connectivity index (χ2v) is 6.63. The van der Waals surface area contributed by atoms with Gasteiger partial charge in [0.15, 0.2) is 9.84 Å². The van der Waals surface area contributed by atoms with Crippen LogP contribution in [0.15, 0.2) is 18.7 Å². The van der Waals surface area contributed by atoms with E-state index in [0.717, 1.165) is 0 Å². The van der Waals surface area contributed by atoms with Gasteiger partial charge in [0, 0.05) is 18.0 Å². The lowest BCUT2D eigenvalue weighted by Crippen LogP contribution is -2.37. The summed E-state index contributed by atoms with van der Waals surface area (Å²) in [6.45, 7) is 5.81. The first-order chi connectivity index (χ1) is 8.01. The zero-order valence-corrected chi connectivity index (χ0v) is 11.5. The van der Waals surface area contributed by atoms with Crippen LogP contribution in [-0.4, -0.2) is 23.1 Å². The van der Waals surface area contributed by atoms with Gasteiger partial charge in [0.2, 0.25) is 0 Å². The zero-order valence-electron chi connectivity index (χ0n) is 10.7. The molecule has 0 saturated carbocycles. The Morgan fingerprint density at radius 2 is 1.53 bits per heavy atom. The summed E-state index contributed by atoms with van der Waals surface area (Å²) in [5.41, 5.74) is 0.659. The lowest BCUT2D eigenvalue weighted by Gasteiger charge is -2.30. The Hall–Kier alpha value is -0.970. The normalized spacial score (nSPS) is 12.6. The third kappa shape index (κ3) is 2.83. The fraction of sp³-hybridized carbons (Fsp3) is 0.667. The highest BCUT2D eigenvalue weighted by molar-refractivity contribution is 7.92. The molecule has 0 fully saturated rings. The van der Waals surface area contributed by atoms with Crippen molar-refractivity contribution in [1.82, 2.24) is 9.97 Å². The van der Waals surface area contributed by atoms with E-state index < -0.39 is 14.6 Å². The number of nitrogens with zero attached hydrogens (tertiary/aromatic N) is 2. The number of aromatic nitrogens is 2. The maximum atomic E-state index is 12.5. The molecule has 0 atom stereocenters. The van der Waals surface area contributed by atoms with Gasteiger partial charge < -0.3 is 0 Å². The molecule has 1 rings (SSSR count). The van der Waals surface area contributed by atoms with Gasteiger partial charge in [-0.15, -0.1) is 0 Å². The molecule has 0 aliphatic heterocycles. The number of rotatable bonds is 6. The molecule has 0 amide bonds. The van der Waals surface area contributed by atoms with Crippen molar-refractivity contribution in [2.45, 2.75) is 50.5 Å². The number of hydrogen-bond donors (Lipinski definition) is 0. The van der Waals surface area contributed by atoms with Gasteiger partial charge in [0.05, 0.1) is 10.5 Å². The van der Waals surface area contributed by atoms with E-state index in [-0.39, 0.29) is 5.75 Å². The first-order valence-corrected chi connectivity index (χ1v) is 7.62. The molecule has 5 heteroatoms. The topological polar surface area (TPSA) is 59.9 Å². The van der Waals surface area contributed by atoms with Crippen LogP contribution in [0.5, 0.6) is 0 Å². The fourth-order valence-corrected chi connectivity index (χ4v) is 4.40. The molecular weight excluding hydrogens is 236 g/mol. The minimum Gasteiger partial charge on any atom is -0.245 e. The van der Waals surface area contributed by atoms with Crippen molar-refractivity contribution in [3.63, 3.8) is 0 Å². The van der Waals surface area contributed by atoms with Gasteiger partial charge in [0.1, 0.15) is 6.33 Å². The van der Waals surface area contributed by atoms with Gasteiger partial charge in [0.25, 0.3) is 0 Å². The highest BCUT2D eigenvalue weighted by Gasteiger charge is 2.38. The van der Waals surface area contributed by atoms with Gasteiger partial charge in [-0.25, -0.2) is 18.4 Å². The van der Waals surface area contributed by atoms with Crippen LogP contribution in [0.25, 0.3) is 0 Å². The number of hydrogen-bond acceptors (Lipinski definition) is 4. The number of sulfone groups is 1. The van der Waals surface area contributed by atoms with Crippen molar-refractivity contribution >= 4 is 9.84 Å². The molecule has 1 heterocycles. The summed E-state index contributed by atoms with van der Waals surface area (Å²) < 4.78 is 24.3. The summed E-state index contributed by atoms with van der Waals surface area (Å²) >= 11 is 0. The maximum absolute atomic E-state index is 12.5. The highest BCUT2D eigenvalue weighted by Crippen LogP contribution is 2.32. The molecule has 1 aromatic rings. The first-order valence-electron chi connectivity index (χ1n) is 5.97. The predicted octanol–water partition coefficient (Wildman–Crippen LogP) is 2.36. The SMILES string of the molecule is CCC(CC)(CC)S(=O)(=O)Cc1cncnc1. The third-order valence-corrected chi connectivity index (χ3v) is 6.46. The Labute approximate surface area is 103 Å². The van der Waals surface area contributed by atoms with Gasteiger partial charge in [-0.2, -0.15) is 0 Å². The van der Waals surface area contributed by atoms with Crippen molar-refractivity contribution in [2.24, 2.45) is 0 Å². The molecule has 1 aromatic heterocycles. The van der Waals surface area contributed by atoms with E-state index >= 15 is 0 Å². The second kappa shape index (κ2) is 5.58. The van der Waals surface area contributed by atoms with Gasteiger partial charge in [-0.05, 0) is 19.3 Å². The minimum absolute atomic E-state index is 0.0311. The molecule has 0 N–H and O–H groups in total. The van der Waals surface area contributed by atoms with Crippen LogP contribution in [0.2, 0.25) is 0 Å². The Kier molecular flexibility index (Phi) is 4.62. The van der Waals surface area contributed by atoms with Gasteiger partial charge in [-0.3, -0.25) is 0 Å². The van der Waals surface area contributed by atoms with Crippen LogP contribution in [0.1, 0.15) is 45.6 Å². The minimum atomic E-state index is -3.17. The van der Waals surface area contributed by atoms with E-state index in [0.29, 0.717) is 24.8 Å². The van der Waals surface area contributed by atoms with Crippen molar-refractivity contribution in [1.29, 1.82) is 0 Å². The summed E-state index contributed by atoms with van der Waals surface area (Å²) in [5.74, 6) is 0.0311. The molecule has 0 aliphatic rings. The van der Waals surface area contributed by atoms with Gasteiger partial charge in [-0.1, -0.05) is 20.8 Å². The van der Waals surface area contributed by atoms with Crippen LogP contribution in [0.4, 0.5) is 0 Å². The van der Waals surface area contributed by atoms with E-state index in [1.54, 1.807) is 12.4 Å². The van der Waals surface area contributed by atoms with Crippen molar-refractivity contribution in [3.05, 3.63) is 24.3 Å². The summed E-state index contributed by atoms with van der Waals surface area (Å²) in [6.07, 6.45) is 6.48. The summed E-state index contributed by atoms with van der Waals surface area (Å²) in [7, 11) is -3.17. The molecule has 0 bridgehead atoms. The second-order valence-electron chi connectivity index (χ2n) is 4.25. The molecule has 0 saturated heterocycles. The smallest absolute Gasteiger partial charge is 0.160 e. The Bertz CT molecular complexity index is 431. The van der Waals surface area contributed by atoms with Crippen LogP contribution >= 0.6 is 0 Å². The van der Waals surface area contributed by atoms with Crippen LogP contribution in [0.3, 0.4) is 0 Å².